The molecule has 1 aromatic heterocycles. The lowest BCUT2D eigenvalue weighted by atomic mass is 9.97. The molecule has 0 radical (unpaired) electrons. The highest BCUT2D eigenvalue weighted by Crippen LogP contribution is 2.28. The van der Waals surface area contributed by atoms with Crippen LogP contribution in [-0.2, 0) is 0 Å². The molecule has 0 bridgehead atoms. The molecule has 33 heavy (non-hydrogen) atoms. The van der Waals surface area contributed by atoms with Gasteiger partial charge in [-0.25, -0.2) is 13.5 Å². The highest BCUT2D eigenvalue weighted by Gasteiger charge is 2.28. The van der Waals surface area contributed by atoms with E-state index in [2.05, 4.69) is 5.10 Å². The topological polar surface area (TPSA) is 55.2 Å². The van der Waals surface area contributed by atoms with Crippen molar-refractivity contribution in [1.29, 1.82) is 0 Å². The highest BCUT2D eigenvalue weighted by molar-refractivity contribution is 5.92. The Hall–Kier alpha value is -4.13. The van der Waals surface area contributed by atoms with Crippen molar-refractivity contribution >= 4 is 5.91 Å². The Kier molecular flexibility index (Phi) is 6.13. The van der Waals surface area contributed by atoms with Crippen molar-refractivity contribution in [1.82, 2.24) is 14.7 Å². The molecule has 0 N–H and O–H groups in total. The van der Waals surface area contributed by atoms with Gasteiger partial charge in [-0.3, -0.25) is 9.59 Å². The first kappa shape index (κ1) is 22.1. The molecule has 4 rings (SSSR count). The summed E-state index contributed by atoms with van der Waals surface area (Å²) in [6.45, 7) is 1.62. The number of hydrogen-bond acceptors (Lipinski definition) is 3. The van der Waals surface area contributed by atoms with Crippen LogP contribution in [0.2, 0.25) is 0 Å². The molecule has 0 fully saturated rings. The predicted octanol–water partition coefficient (Wildman–Crippen LogP) is 4.68. The van der Waals surface area contributed by atoms with E-state index in [4.69, 9.17) is 0 Å². The van der Waals surface area contributed by atoms with Crippen molar-refractivity contribution < 1.29 is 13.6 Å². The normalized spacial score (nSPS) is 11.8. The fraction of sp³-hybridized carbons (Fsp3) is 0.115. The van der Waals surface area contributed by atoms with Gasteiger partial charge in [0.25, 0.3) is 5.91 Å². The monoisotopic (exact) mass is 445 g/mol. The number of aromatic nitrogens is 2. The van der Waals surface area contributed by atoms with Gasteiger partial charge in [-0.1, -0.05) is 54.6 Å². The molecule has 0 saturated heterocycles. The zero-order valence-electron chi connectivity index (χ0n) is 18.1. The van der Waals surface area contributed by atoms with Gasteiger partial charge in [-0.2, -0.15) is 5.10 Å². The molecule has 166 valence electrons. The Labute approximate surface area is 189 Å². The molecule has 0 spiro atoms. The predicted molar refractivity (Wildman–Crippen MR) is 121 cm³/mol. The average Bonchev–Trinajstić information content (AvgIpc) is 2.81. The van der Waals surface area contributed by atoms with Gasteiger partial charge < -0.3 is 4.90 Å². The van der Waals surface area contributed by atoms with E-state index in [-0.39, 0.29) is 11.4 Å². The van der Waals surface area contributed by atoms with E-state index in [9.17, 15) is 18.4 Å². The molecule has 4 aromatic rings. The van der Waals surface area contributed by atoms with Gasteiger partial charge >= 0.3 is 0 Å². The van der Waals surface area contributed by atoms with Gasteiger partial charge in [-0.15, -0.1) is 0 Å². The van der Waals surface area contributed by atoms with Crippen molar-refractivity contribution in [2.75, 3.05) is 7.05 Å². The van der Waals surface area contributed by atoms with Crippen LogP contribution in [0, 0.1) is 18.6 Å². The molecule has 0 aliphatic carbocycles. The minimum absolute atomic E-state index is 0.129. The summed E-state index contributed by atoms with van der Waals surface area (Å²) in [5.74, 6) is -1.56. The van der Waals surface area contributed by atoms with Crippen molar-refractivity contribution in [2.45, 2.75) is 13.0 Å². The van der Waals surface area contributed by atoms with Crippen molar-refractivity contribution in [2.24, 2.45) is 0 Å². The minimum Gasteiger partial charge on any atom is -0.329 e. The summed E-state index contributed by atoms with van der Waals surface area (Å²) in [5, 5.41) is 4.22. The van der Waals surface area contributed by atoms with E-state index in [1.165, 1.54) is 39.9 Å². The molecule has 1 atom stereocenters. The maximum atomic E-state index is 14.4. The third-order valence-electron chi connectivity index (χ3n) is 5.40. The second-order valence-corrected chi connectivity index (χ2v) is 7.64. The molecule has 1 amide bonds. The molecule has 0 aliphatic heterocycles. The number of carbonyl (C=O) groups is 1. The lowest BCUT2D eigenvalue weighted by molar-refractivity contribution is 0.0745. The summed E-state index contributed by atoms with van der Waals surface area (Å²) in [7, 11) is 1.55. The molecule has 7 heteroatoms. The van der Waals surface area contributed by atoms with Crippen LogP contribution in [0.3, 0.4) is 0 Å². The fourth-order valence-electron chi connectivity index (χ4n) is 3.77. The molecule has 1 heterocycles. The number of nitrogens with zero attached hydrogens (tertiary/aromatic N) is 3. The van der Waals surface area contributed by atoms with Crippen LogP contribution in [0.4, 0.5) is 8.78 Å². The summed E-state index contributed by atoms with van der Waals surface area (Å²) < 4.78 is 29.2. The third kappa shape index (κ3) is 4.43. The van der Waals surface area contributed by atoms with Crippen LogP contribution in [0.5, 0.6) is 0 Å². The van der Waals surface area contributed by atoms with Gasteiger partial charge in [0.05, 0.1) is 6.04 Å². The number of benzene rings is 3. The molecule has 0 aliphatic rings. The van der Waals surface area contributed by atoms with Gasteiger partial charge in [-0.05, 0) is 42.3 Å². The summed E-state index contributed by atoms with van der Waals surface area (Å²) in [6.07, 6.45) is 0. The van der Waals surface area contributed by atoms with Crippen LogP contribution >= 0.6 is 0 Å². The highest BCUT2D eigenvalue weighted by atomic mass is 19.1. The largest absolute Gasteiger partial charge is 0.329 e. The SMILES string of the molecule is Cc1cc(=O)c(C(=O)N(C)C(c2ccccc2)c2ccc(F)cc2)nn1-c1ccccc1F. The second-order valence-electron chi connectivity index (χ2n) is 7.64. The lowest BCUT2D eigenvalue weighted by Crippen LogP contribution is -2.36. The molecule has 1 unspecified atom stereocenters. The smallest absolute Gasteiger partial charge is 0.278 e. The third-order valence-corrected chi connectivity index (χ3v) is 5.40. The van der Waals surface area contributed by atoms with Crippen LogP contribution in [0.15, 0.2) is 89.7 Å². The molecular weight excluding hydrogens is 424 g/mol. The van der Waals surface area contributed by atoms with Crippen LogP contribution in [0.1, 0.15) is 33.4 Å². The van der Waals surface area contributed by atoms with Gasteiger partial charge in [0.1, 0.15) is 17.3 Å². The van der Waals surface area contributed by atoms with Crippen molar-refractivity contribution in [3.8, 4) is 5.69 Å². The first-order chi connectivity index (χ1) is 15.9. The fourth-order valence-corrected chi connectivity index (χ4v) is 3.77. The zero-order chi connectivity index (χ0) is 23.5. The van der Waals surface area contributed by atoms with E-state index in [1.807, 2.05) is 30.3 Å². The lowest BCUT2D eigenvalue weighted by Gasteiger charge is -2.29. The molecule has 3 aromatic carbocycles. The Morgan fingerprint density at radius 3 is 2.18 bits per heavy atom. The summed E-state index contributed by atoms with van der Waals surface area (Å²) in [4.78, 5) is 27.6. The molecular formula is C26H21F2N3O2. The van der Waals surface area contributed by atoms with E-state index in [0.29, 0.717) is 11.3 Å². The maximum absolute atomic E-state index is 14.4. The number of aryl methyl sites for hydroxylation is 1. The maximum Gasteiger partial charge on any atom is 0.278 e. The van der Waals surface area contributed by atoms with Crippen LogP contribution < -0.4 is 5.43 Å². The number of para-hydroxylation sites is 1. The Balaban J connectivity index is 1.80. The second kappa shape index (κ2) is 9.16. The first-order valence-corrected chi connectivity index (χ1v) is 10.3. The summed E-state index contributed by atoms with van der Waals surface area (Å²) in [6, 6.07) is 21.7. The van der Waals surface area contributed by atoms with Gasteiger partial charge in [0.2, 0.25) is 5.43 Å². The van der Waals surface area contributed by atoms with Crippen molar-refractivity contribution in [3.63, 3.8) is 0 Å². The van der Waals surface area contributed by atoms with E-state index >= 15 is 0 Å². The molecule has 5 nitrogen and oxygen atoms in total. The van der Waals surface area contributed by atoms with Crippen LogP contribution in [-0.4, -0.2) is 27.6 Å². The number of carbonyl (C=O) groups excluding carboxylic acids is 1. The quantitative estimate of drug-likeness (QED) is 0.448. The van der Waals surface area contributed by atoms with Crippen molar-refractivity contribution in [3.05, 3.63) is 129 Å². The standard InChI is InChI=1S/C26H21F2N3O2/c1-17-16-23(32)24(29-31(17)22-11-7-6-10-21(22)28)26(33)30(2)25(18-8-4-3-5-9-18)19-12-14-20(27)15-13-19/h3-16,25H,1-2H3. The number of hydrogen-bond donors (Lipinski definition) is 0. The Bertz CT molecular complexity index is 1350. The first-order valence-electron chi connectivity index (χ1n) is 10.3. The van der Waals surface area contributed by atoms with Gasteiger partial charge in [0.15, 0.2) is 5.69 Å². The average molecular weight is 445 g/mol. The molecule has 0 saturated carbocycles. The van der Waals surface area contributed by atoms with E-state index < -0.39 is 29.0 Å². The number of halogens is 2. The van der Waals surface area contributed by atoms with E-state index in [0.717, 1.165) is 5.56 Å². The van der Waals surface area contributed by atoms with Gasteiger partial charge in [0, 0.05) is 18.8 Å². The number of rotatable bonds is 5. The number of amides is 1. The summed E-state index contributed by atoms with van der Waals surface area (Å²) in [5.41, 5.74) is 1.06. The summed E-state index contributed by atoms with van der Waals surface area (Å²) >= 11 is 0. The van der Waals surface area contributed by atoms with Crippen LogP contribution in [0.25, 0.3) is 5.69 Å². The van der Waals surface area contributed by atoms with E-state index in [1.54, 1.807) is 38.2 Å². The minimum atomic E-state index is -0.636. The zero-order valence-corrected chi connectivity index (χ0v) is 18.1. The Morgan fingerprint density at radius 1 is 0.909 bits per heavy atom. The Morgan fingerprint density at radius 2 is 1.52 bits per heavy atom.